The van der Waals surface area contributed by atoms with Crippen molar-refractivity contribution in [2.75, 3.05) is 18.4 Å². The Balaban J connectivity index is 1.66. The number of piperidine rings is 1. The van der Waals surface area contributed by atoms with Crippen LogP contribution in [0.3, 0.4) is 0 Å². The van der Waals surface area contributed by atoms with Gasteiger partial charge >= 0.3 is 0 Å². The zero-order chi connectivity index (χ0) is 18.7. The molecule has 3 rings (SSSR count). The fourth-order valence-corrected chi connectivity index (χ4v) is 3.32. The van der Waals surface area contributed by atoms with Gasteiger partial charge in [0.1, 0.15) is 0 Å². The maximum absolute atomic E-state index is 12.5. The molecule has 1 aliphatic heterocycles. The Hall–Kier alpha value is -2.30. The minimum Gasteiger partial charge on any atom is -0.338 e. The molecular weight excluding hydrogens is 371 g/mol. The molecule has 6 heteroatoms. The van der Waals surface area contributed by atoms with Crippen LogP contribution in [0.25, 0.3) is 0 Å². The second-order valence-electron chi connectivity index (χ2n) is 6.23. The van der Waals surface area contributed by atoms with Crippen molar-refractivity contribution in [3.05, 3.63) is 75.8 Å². The first-order valence-corrected chi connectivity index (χ1v) is 9.01. The molecule has 0 aromatic heterocycles. The van der Waals surface area contributed by atoms with Gasteiger partial charge in [-0.15, -0.1) is 0 Å². The van der Waals surface area contributed by atoms with E-state index in [1.807, 2.05) is 4.90 Å². The molecule has 2 aromatic carbocycles. The monoisotopic (exact) mass is 388 g/mol. The summed E-state index contributed by atoms with van der Waals surface area (Å²) in [5, 5.41) is 3.56. The molecule has 1 N–H and O–H groups in total. The Labute approximate surface area is 162 Å². The van der Waals surface area contributed by atoms with E-state index in [1.54, 1.807) is 42.5 Å². The van der Waals surface area contributed by atoms with Gasteiger partial charge in [0, 0.05) is 39.9 Å². The third-order valence-corrected chi connectivity index (χ3v) is 4.71. The van der Waals surface area contributed by atoms with Crippen LogP contribution in [-0.4, -0.2) is 29.8 Å². The number of halogens is 2. The van der Waals surface area contributed by atoms with Crippen LogP contribution in [0.5, 0.6) is 0 Å². The number of hydrogen-bond donors (Lipinski definition) is 1. The van der Waals surface area contributed by atoms with E-state index in [0.29, 0.717) is 39.9 Å². The topological polar surface area (TPSA) is 49.4 Å². The first kappa shape index (κ1) is 18.5. The normalized spacial score (nSPS) is 14.2. The maximum atomic E-state index is 12.5. The van der Waals surface area contributed by atoms with E-state index >= 15 is 0 Å². The average molecular weight is 389 g/mol. The highest BCUT2D eigenvalue weighted by Crippen LogP contribution is 2.21. The number of likely N-dealkylation sites (tertiary alicyclic amines) is 1. The van der Waals surface area contributed by atoms with E-state index in [4.69, 9.17) is 23.2 Å². The quantitative estimate of drug-likeness (QED) is 0.748. The summed E-state index contributed by atoms with van der Waals surface area (Å²) in [6.07, 6.45) is 1.70. The first-order valence-electron chi connectivity index (χ1n) is 8.26. The van der Waals surface area contributed by atoms with Gasteiger partial charge in [-0.2, -0.15) is 0 Å². The standard InChI is InChI=1S/C20H18Cl2N2O2/c1-13-6-8-24(9-7-13)20(26)14-2-4-18(5-3-14)23-19(25)15-10-16(21)12-17(22)11-15/h2-5,10-12H,1,6-9H2,(H,23,25). The molecule has 1 heterocycles. The van der Waals surface area contributed by atoms with E-state index in [0.717, 1.165) is 12.8 Å². The molecule has 26 heavy (non-hydrogen) atoms. The number of hydrogen-bond acceptors (Lipinski definition) is 2. The lowest BCUT2D eigenvalue weighted by Gasteiger charge is -2.28. The summed E-state index contributed by atoms with van der Waals surface area (Å²) in [5.74, 6) is -0.319. The van der Waals surface area contributed by atoms with Crippen molar-refractivity contribution >= 4 is 40.7 Å². The largest absolute Gasteiger partial charge is 0.338 e. The summed E-state index contributed by atoms with van der Waals surface area (Å²) < 4.78 is 0. The molecule has 0 bridgehead atoms. The third-order valence-electron chi connectivity index (χ3n) is 4.27. The number of rotatable bonds is 3. The summed E-state index contributed by atoms with van der Waals surface area (Å²) in [7, 11) is 0. The summed E-state index contributed by atoms with van der Waals surface area (Å²) in [4.78, 5) is 26.6. The van der Waals surface area contributed by atoms with Crippen molar-refractivity contribution < 1.29 is 9.59 Å². The lowest BCUT2D eigenvalue weighted by molar-refractivity contribution is 0.0743. The van der Waals surface area contributed by atoms with Crippen LogP contribution in [0.4, 0.5) is 5.69 Å². The Morgan fingerprint density at radius 2 is 1.50 bits per heavy atom. The molecule has 1 saturated heterocycles. The third kappa shape index (κ3) is 4.45. The fourth-order valence-electron chi connectivity index (χ4n) is 2.79. The minimum absolute atomic E-state index is 0.00278. The average Bonchev–Trinajstić information content (AvgIpc) is 2.61. The van der Waals surface area contributed by atoms with Crippen LogP contribution in [0.15, 0.2) is 54.6 Å². The lowest BCUT2D eigenvalue weighted by atomic mass is 10.0. The number of amides is 2. The minimum atomic E-state index is -0.317. The predicted molar refractivity (Wildman–Crippen MR) is 105 cm³/mol. The smallest absolute Gasteiger partial charge is 0.255 e. The van der Waals surface area contributed by atoms with Gasteiger partial charge in [-0.05, 0) is 55.3 Å². The van der Waals surface area contributed by atoms with Crippen molar-refractivity contribution in [2.45, 2.75) is 12.8 Å². The molecule has 0 unspecified atom stereocenters. The molecule has 2 amide bonds. The predicted octanol–water partition coefficient (Wildman–Crippen LogP) is 5.04. The highest BCUT2D eigenvalue weighted by atomic mass is 35.5. The Morgan fingerprint density at radius 3 is 2.08 bits per heavy atom. The molecule has 134 valence electrons. The summed E-state index contributed by atoms with van der Waals surface area (Å²) in [5.41, 5.74) is 2.75. The van der Waals surface area contributed by atoms with Crippen molar-refractivity contribution in [1.82, 2.24) is 4.90 Å². The summed E-state index contributed by atoms with van der Waals surface area (Å²) in [6, 6.07) is 11.5. The highest BCUT2D eigenvalue weighted by Gasteiger charge is 2.19. The molecular formula is C20H18Cl2N2O2. The van der Waals surface area contributed by atoms with Gasteiger partial charge in [0.15, 0.2) is 0 Å². The number of anilines is 1. The Kier molecular flexibility index (Phi) is 5.64. The first-order chi connectivity index (χ1) is 12.4. The van der Waals surface area contributed by atoms with Crippen molar-refractivity contribution in [2.24, 2.45) is 0 Å². The number of carbonyl (C=O) groups is 2. The van der Waals surface area contributed by atoms with E-state index in [2.05, 4.69) is 11.9 Å². The molecule has 2 aromatic rings. The molecule has 1 fully saturated rings. The van der Waals surface area contributed by atoms with Gasteiger partial charge in [-0.1, -0.05) is 35.4 Å². The van der Waals surface area contributed by atoms with Crippen molar-refractivity contribution in [3.63, 3.8) is 0 Å². The van der Waals surface area contributed by atoms with E-state index < -0.39 is 0 Å². The van der Waals surface area contributed by atoms with Gasteiger partial charge in [0.2, 0.25) is 0 Å². The number of nitrogens with one attached hydrogen (secondary N) is 1. The zero-order valence-electron chi connectivity index (χ0n) is 14.1. The van der Waals surface area contributed by atoms with E-state index in [1.165, 1.54) is 5.57 Å². The molecule has 0 spiro atoms. The molecule has 0 atom stereocenters. The fraction of sp³-hybridized carbons (Fsp3) is 0.200. The van der Waals surface area contributed by atoms with Gasteiger partial charge < -0.3 is 10.2 Å². The van der Waals surface area contributed by atoms with Gasteiger partial charge in [-0.3, -0.25) is 9.59 Å². The van der Waals surface area contributed by atoms with Crippen LogP contribution in [0.2, 0.25) is 10.0 Å². The molecule has 0 saturated carbocycles. The second-order valence-corrected chi connectivity index (χ2v) is 7.10. The molecule has 1 aliphatic rings. The van der Waals surface area contributed by atoms with Crippen molar-refractivity contribution in [1.29, 1.82) is 0 Å². The lowest BCUT2D eigenvalue weighted by Crippen LogP contribution is -2.36. The van der Waals surface area contributed by atoms with E-state index in [-0.39, 0.29) is 11.8 Å². The van der Waals surface area contributed by atoms with Crippen LogP contribution < -0.4 is 5.32 Å². The number of carbonyl (C=O) groups excluding carboxylic acids is 2. The molecule has 0 aliphatic carbocycles. The number of nitrogens with zero attached hydrogens (tertiary/aromatic N) is 1. The zero-order valence-corrected chi connectivity index (χ0v) is 15.6. The van der Waals surface area contributed by atoms with Crippen LogP contribution in [0.1, 0.15) is 33.6 Å². The van der Waals surface area contributed by atoms with Crippen LogP contribution in [0, 0.1) is 0 Å². The Bertz CT molecular complexity index is 832. The van der Waals surface area contributed by atoms with Crippen molar-refractivity contribution in [3.8, 4) is 0 Å². The van der Waals surface area contributed by atoms with Crippen LogP contribution >= 0.6 is 23.2 Å². The Morgan fingerprint density at radius 1 is 0.923 bits per heavy atom. The SMILES string of the molecule is C=C1CCN(C(=O)c2ccc(NC(=O)c3cc(Cl)cc(Cl)c3)cc2)CC1. The summed E-state index contributed by atoms with van der Waals surface area (Å²) in [6.45, 7) is 5.36. The molecule has 4 nitrogen and oxygen atoms in total. The number of benzene rings is 2. The maximum Gasteiger partial charge on any atom is 0.255 e. The second kappa shape index (κ2) is 7.94. The highest BCUT2D eigenvalue weighted by molar-refractivity contribution is 6.35. The van der Waals surface area contributed by atoms with Gasteiger partial charge in [-0.25, -0.2) is 0 Å². The van der Waals surface area contributed by atoms with Crippen LogP contribution in [-0.2, 0) is 0 Å². The van der Waals surface area contributed by atoms with E-state index in [9.17, 15) is 9.59 Å². The molecule has 0 radical (unpaired) electrons. The summed E-state index contributed by atoms with van der Waals surface area (Å²) >= 11 is 11.8. The van der Waals surface area contributed by atoms with Gasteiger partial charge in [0.05, 0.1) is 0 Å². The van der Waals surface area contributed by atoms with Gasteiger partial charge in [0.25, 0.3) is 11.8 Å².